The van der Waals surface area contributed by atoms with Gasteiger partial charge in [-0.1, -0.05) is 31.2 Å². The van der Waals surface area contributed by atoms with Crippen molar-refractivity contribution >= 4 is 23.3 Å². The highest BCUT2D eigenvalue weighted by Gasteiger charge is 2.16. The molecule has 0 aliphatic carbocycles. The number of amides is 1. The largest absolute Gasteiger partial charge is 0.493 e. The quantitative estimate of drug-likeness (QED) is 0.351. The summed E-state index contributed by atoms with van der Waals surface area (Å²) in [5, 5.41) is 2.58. The number of rotatable bonds is 10. The van der Waals surface area contributed by atoms with Crippen molar-refractivity contribution in [2.75, 3.05) is 25.6 Å². The Morgan fingerprint density at radius 3 is 2.18 bits per heavy atom. The van der Waals surface area contributed by atoms with Crippen molar-refractivity contribution in [3.05, 3.63) is 89.2 Å². The second-order valence-electron chi connectivity index (χ2n) is 7.26. The number of benzene rings is 3. The lowest BCUT2D eigenvalue weighted by atomic mass is 10.1. The molecule has 3 rings (SSSR count). The first-order valence-electron chi connectivity index (χ1n) is 10.5. The predicted molar refractivity (Wildman–Crippen MR) is 124 cm³/mol. The highest BCUT2D eigenvalue weighted by atomic mass is 19.1. The van der Waals surface area contributed by atoms with Crippen molar-refractivity contribution < 1.29 is 33.0 Å². The van der Waals surface area contributed by atoms with Crippen LogP contribution in [-0.4, -0.2) is 38.0 Å². The summed E-state index contributed by atoms with van der Waals surface area (Å²) in [5.41, 5.74) is 2.16. The average Bonchev–Trinajstić information content (AvgIpc) is 2.87. The van der Waals surface area contributed by atoms with Crippen LogP contribution < -0.4 is 14.8 Å². The van der Waals surface area contributed by atoms with Crippen molar-refractivity contribution in [2.45, 2.75) is 13.3 Å². The van der Waals surface area contributed by atoms with Crippen molar-refractivity contribution in [1.29, 1.82) is 0 Å². The molecule has 0 aromatic heterocycles. The summed E-state index contributed by atoms with van der Waals surface area (Å²) >= 11 is 0. The molecule has 3 aromatic rings. The number of Topliss-reactive ketones (excluding diaryl/α,β-unsaturated/α-hetero) is 1. The maximum absolute atomic E-state index is 13.0. The van der Waals surface area contributed by atoms with Crippen molar-refractivity contribution in [3.8, 4) is 11.5 Å². The molecule has 0 aliphatic heterocycles. The second-order valence-corrected chi connectivity index (χ2v) is 7.26. The number of methoxy groups -OCH3 is 1. The summed E-state index contributed by atoms with van der Waals surface area (Å²) in [6.45, 7) is 1.29. The molecule has 0 atom stereocenters. The average molecular weight is 465 g/mol. The lowest BCUT2D eigenvalue weighted by molar-refractivity contribution is -0.118. The zero-order chi connectivity index (χ0) is 24.5. The molecule has 176 valence electrons. The summed E-state index contributed by atoms with van der Waals surface area (Å²) in [6, 6.07) is 16.8. The van der Waals surface area contributed by atoms with Crippen LogP contribution in [0.15, 0.2) is 66.7 Å². The van der Waals surface area contributed by atoms with Crippen LogP contribution in [0.2, 0.25) is 0 Å². The van der Waals surface area contributed by atoms with E-state index in [2.05, 4.69) is 5.32 Å². The minimum Gasteiger partial charge on any atom is -0.493 e. The molecule has 0 aliphatic rings. The van der Waals surface area contributed by atoms with Crippen LogP contribution in [0.1, 0.15) is 33.2 Å². The molecule has 0 saturated heterocycles. The first-order chi connectivity index (χ1) is 16.4. The Kier molecular flexibility index (Phi) is 8.34. The summed E-state index contributed by atoms with van der Waals surface area (Å²) in [4.78, 5) is 36.7. The molecule has 1 amide bonds. The highest BCUT2D eigenvalue weighted by molar-refractivity contribution is 5.99. The lowest BCUT2D eigenvalue weighted by Crippen LogP contribution is -2.20. The smallest absolute Gasteiger partial charge is 0.338 e. The molecule has 8 heteroatoms. The zero-order valence-electron chi connectivity index (χ0n) is 18.8. The van der Waals surface area contributed by atoms with Gasteiger partial charge in [0.05, 0.1) is 12.7 Å². The van der Waals surface area contributed by atoms with E-state index in [4.69, 9.17) is 14.2 Å². The van der Waals surface area contributed by atoms with Crippen LogP contribution >= 0.6 is 0 Å². The SMILES string of the molecule is CCc1ccc(C(=O)COC(=O)c2ccc(OCC(=O)Nc3ccc(F)cc3)c(OC)c2)cc1. The molecule has 0 heterocycles. The van der Waals surface area contributed by atoms with Crippen LogP contribution in [0.25, 0.3) is 0 Å². The van der Waals surface area contributed by atoms with E-state index in [-0.39, 0.29) is 29.5 Å². The summed E-state index contributed by atoms with van der Waals surface area (Å²) < 4.78 is 28.8. The van der Waals surface area contributed by atoms with Gasteiger partial charge in [0.25, 0.3) is 5.91 Å². The number of nitrogens with one attached hydrogen (secondary N) is 1. The molecule has 0 unspecified atom stereocenters. The van der Waals surface area contributed by atoms with E-state index in [1.54, 1.807) is 12.1 Å². The highest BCUT2D eigenvalue weighted by Crippen LogP contribution is 2.28. The van der Waals surface area contributed by atoms with E-state index < -0.39 is 24.3 Å². The van der Waals surface area contributed by atoms with Gasteiger partial charge in [0.15, 0.2) is 30.5 Å². The standard InChI is InChI=1S/C26H24FNO6/c1-3-17-4-6-18(7-5-17)22(29)15-34-26(31)19-8-13-23(24(14-19)32-2)33-16-25(30)28-21-11-9-20(27)10-12-21/h4-14H,3,15-16H2,1-2H3,(H,28,30). The number of esters is 1. The number of hydrogen-bond donors (Lipinski definition) is 1. The van der Waals surface area contributed by atoms with Gasteiger partial charge in [0.1, 0.15) is 5.82 Å². The fraction of sp³-hybridized carbons (Fsp3) is 0.192. The number of halogens is 1. The van der Waals surface area contributed by atoms with Crippen molar-refractivity contribution in [1.82, 2.24) is 0 Å². The van der Waals surface area contributed by atoms with Gasteiger partial charge in [0, 0.05) is 11.3 Å². The number of carbonyl (C=O) groups is 3. The van der Waals surface area contributed by atoms with E-state index in [0.29, 0.717) is 11.3 Å². The molecular formula is C26H24FNO6. The Bertz CT molecular complexity index is 1160. The van der Waals surface area contributed by atoms with Gasteiger partial charge in [-0.3, -0.25) is 9.59 Å². The maximum atomic E-state index is 13.0. The second kappa shape index (κ2) is 11.6. The predicted octanol–water partition coefficient (Wildman–Crippen LogP) is 4.45. The van der Waals surface area contributed by atoms with Crippen LogP contribution in [0.5, 0.6) is 11.5 Å². The topological polar surface area (TPSA) is 90.9 Å². The van der Waals surface area contributed by atoms with Crippen LogP contribution in [0.3, 0.4) is 0 Å². The van der Waals surface area contributed by atoms with Crippen LogP contribution in [-0.2, 0) is 16.0 Å². The fourth-order valence-corrected chi connectivity index (χ4v) is 3.01. The number of anilines is 1. The third-order valence-corrected chi connectivity index (χ3v) is 4.90. The number of ether oxygens (including phenoxy) is 3. The van der Waals surface area contributed by atoms with E-state index >= 15 is 0 Å². The number of aryl methyl sites for hydroxylation is 1. The van der Waals surface area contributed by atoms with Gasteiger partial charge < -0.3 is 19.5 Å². The van der Waals surface area contributed by atoms with E-state index in [1.165, 1.54) is 49.6 Å². The van der Waals surface area contributed by atoms with Crippen molar-refractivity contribution in [3.63, 3.8) is 0 Å². The number of ketones is 1. The molecule has 1 N–H and O–H groups in total. The first-order valence-corrected chi connectivity index (χ1v) is 10.5. The van der Waals surface area contributed by atoms with E-state index in [1.807, 2.05) is 19.1 Å². The number of carbonyl (C=O) groups excluding carboxylic acids is 3. The fourth-order valence-electron chi connectivity index (χ4n) is 3.01. The summed E-state index contributed by atoms with van der Waals surface area (Å²) in [6.07, 6.45) is 0.865. The molecule has 7 nitrogen and oxygen atoms in total. The Balaban J connectivity index is 1.55. The Labute approximate surface area is 196 Å². The van der Waals surface area contributed by atoms with E-state index in [0.717, 1.165) is 12.0 Å². The third kappa shape index (κ3) is 6.65. The van der Waals surface area contributed by atoms with Gasteiger partial charge in [-0.25, -0.2) is 9.18 Å². The monoisotopic (exact) mass is 465 g/mol. The summed E-state index contributed by atoms with van der Waals surface area (Å²) in [5.74, 6) is -1.42. The summed E-state index contributed by atoms with van der Waals surface area (Å²) in [7, 11) is 1.39. The molecule has 0 radical (unpaired) electrons. The molecule has 0 saturated carbocycles. The third-order valence-electron chi connectivity index (χ3n) is 4.90. The zero-order valence-corrected chi connectivity index (χ0v) is 18.8. The van der Waals surface area contributed by atoms with E-state index in [9.17, 15) is 18.8 Å². The maximum Gasteiger partial charge on any atom is 0.338 e. The van der Waals surface area contributed by atoms with Crippen molar-refractivity contribution in [2.24, 2.45) is 0 Å². The van der Waals surface area contributed by atoms with Gasteiger partial charge in [-0.05, 0) is 54.4 Å². The van der Waals surface area contributed by atoms with Gasteiger partial charge in [0.2, 0.25) is 0 Å². The van der Waals surface area contributed by atoms with Crippen LogP contribution in [0.4, 0.5) is 10.1 Å². The molecule has 0 bridgehead atoms. The normalized spacial score (nSPS) is 10.3. The van der Waals surface area contributed by atoms with Gasteiger partial charge in [-0.2, -0.15) is 0 Å². The molecule has 0 spiro atoms. The Hall–Kier alpha value is -4.20. The lowest BCUT2D eigenvalue weighted by Gasteiger charge is -2.12. The molecule has 0 fully saturated rings. The molecule has 34 heavy (non-hydrogen) atoms. The molecule has 3 aromatic carbocycles. The minimum absolute atomic E-state index is 0.161. The first kappa shape index (κ1) is 24.4. The van der Waals surface area contributed by atoms with Gasteiger partial charge in [-0.15, -0.1) is 0 Å². The van der Waals surface area contributed by atoms with Gasteiger partial charge >= 0.3 is 5.97 Å². The minimum atomic E-state index is -0.697. The van der Waals surface area contributed by atoms with Crippen LogP contribution in [0, 0.1) is 5.82 Å². The Morgan fingerprint density at radius 1 is 0.853 bits per heavy atom. The molecular weight excluding hydrogens is 441 g/mol. The Morgan fingerprint density at radius 2 is 1.53 bits per heavy atom. The number of hydrogen-bond acceptors (Lipinski definition) is 6.